The average Bonchev–Trinajstić information content (AvgIpc) is 2.73. The molecule has 0 amide bonds. The highest BCUT2D eigenvalue weighted by molar-refractivity contribution is 5.99. The van der Waals surface area contributed by atoms with Crippen molar-refractivity contribution in [3.05, 3.63) is 70.7 Å². The summed E-state index contributed by atoms with van der Waals surface area (Å²) >= 11 is 0. The third-order valence-corrected chi connectivity index (χ3v) is 3.98. The van der Waals surface area contributed by atoms with Crippen molar-refractivity contribution in [3.8, 4) is 0 Å². The molecule has 1 aromatic carbocycles. The molecule has 2 heteroatoms. The zero-order valence-corrected chi connectivity index (χ0v) is 13.6. The highest BCUT2D eigenvalue weighted by Gasteiger charge is 2.07. The van der Waals surface area contributed by atoms with Crippen LogP contribution in [0.2, 0.25) is 0 Å². The average molecular weight is 280 g/mol. The van der Waals surface area contributed by atoms with Crippen LogP contribution < -0.4 is 0 Å². The van der Waals surface area contributed by atoms with E-state index in [1.54, 1.807) is 0 Å². The van der Waals surface area contributed by atoms with Crippen LogP contribution in [0.5, 0.6) is 0 Å². The number of aryl methyl sites for hydroxylation is 2. The van der Waals surface area contributed by atoms with Gasteiger partial charge < -0.3 is 4.57 Å². The van der Waals surface area contributed by atoms with E-state index in [0.29, 0.717) is 0 Å². The van der Waals surface area contributed by atoms with E-state index in [0.717, 1.165) is 18.0 Å². The van der Waals surface area contributed by atoms with Crippen molar-refractivity contribution in [1.29, 1.82) is 0 Å². The van der Waals surface area contributed by atoms with Crippen LogP contribution >= 0.6 is 0 Å². The molecular weight excluding hydrogens is 256 g/mol. The molecule has 1 heterocycles. The lowest BCUT2D eigenvalue weighted by atomic mass is 10.1. The fourth-order valence-electron chi connectivity index (χ4n) is 2.53. The molecule has 2 nitrogen and oxygen atoms in total. The number of benzene rings is 1. The highest BCUT2D eigenvalue weighted by Crippen LogP contribution is 2.17. The van der Waals surface area contributed by atoms with Crippen LogP contribution in [0.3, 0.4) is 0 Å². The van der Waals surface area contributed by atoms with E-state index < -0.39 is 0 Å². The standard InChI is InChI=1S/C19H24N2/c1-6-19(13-21-15(3)12-14(2)17(21)5)20-16(4)18-10-8-7-9-11-18/h6-12H,13H2,1-5H3/b19-6-,20-16?. The Labute approximate surface area is 127 Å². The largest absolute Gasteiger partial charge is 0.343 e. The molecule has 2 rings (SSSR count). The van der Waals surface area contributed by atoms with E-state index >= 15 is 0 Å². The Morgan fingerprint density at radius 2 is 1.81 bits per heavy atom. The molecule has 0 bridgehead atoms. The summed E-state index contributed by atoms with van der Waals surface area (Å²) in [7, 11) is 0. The predicted molar refractivity (Wildman–Crippen MR) is 91.1 cm³/mol. The van der Waals surface area contributed by atoms with Gasteiger partial charge in [-0.15, -0.1) is 0 Å². The zero-order chi connectivity index (χ0) is 15.4. The Morgan fingerprint density at radius 3 is 2.33 bits per heavy atom. The molecule has 0 radical (unpaired) electrons. The van der Waals surface area contributed by atoms with Gasteiger partial charge in [-0.2, -0.15) is 0 Å². The Balaban J connectivity index is 2.26. The van der Waals surface area contributed by atoms with E-state index in [9.17, 15) is 0 Å². The molecule has 0 atom stereocenters. The van der Waals surface area contributed by atoms with Crippen molar-refractivity contribution in [3.63, 3.8) is 0 Å². The summed E-state index contributed by atoms with van der Waals surface area (Å²) in [6.45, 7) is 11.4. The van der Waals surface area contributed by atoms with Crippen molar-refractivity contribution in [2.45, 2.75) is 41.2 Å². The second-order valence-corrected chi connectivity index (χ2v) is 5.48. The minimum absolute atomic E-state index is 0.826. The van der Waals surface area contributed by atoms with Gasteiger partial charge >= 0.3 is 0 Å². The molecule has 110 valence electrons. The van der Waals surface area contributed by atoms with Gasteiger partial charge in [0, 0.05) is 17.1 Å². The topological polar surface area (TPSA) is 17.3 Å². The molecule has 0 fully saturated rings. The molecule has 21 heavy (non-hydrogen) atoms. The minimum atomic E-state index is 0.826. The van der Waals surface area contributed by atoms with E-state index in [1.165, 1.54) is 22.5 Å². The summed E-state index contributed by atoms with van der Waals surface area (Å²) in [6, 6.07) is 12.6. The van der Waals surface area contributed by atoms with Crippen LogP contribution in [0.15, 0.2) is 53.2 Å². The smallest absolute Gasteiger partial charge is 0.0644 e. The maximum absolute atomic E-state index is 4.81. The van der Waals surface area contributed by atoms with E-state index in [1.807, 2.05) is 18.2 Å². The number of hydrogen-bond donors (Lipinski definition) is 0. The first-order valence-corrected chi connectivity index (χ1v) is 7.42. The molecule has 0 aliphatic heterocycles. The first-order chi connectivity index (χ1) is 10.0. The molecule has 0 unspecified atom stereocenters. The quantitative estimate of drug-likeness (QED) is 0.714. The Morgan fingerprint density at radius 1 is 1.14 bits per heavy atom. The first-order valence-electron chi connectivity index (χ1n) is 7.42. The predicted octanol–water partition coefficient (Wildman–Crippen LogP) is 4.83. The molecule has 0 saturated carbocycles. The molecule has 0 aliphatic rings. The summed E-state index contributed by atoms with van der Waals surface area (Å²) in [4.78, 5) is 4.81. The van der Waals surface area contributed by atoms with Crippen molar-refractivity contribution < 1.29 is 0 Å². The summed E-state index contributed by atoms with van der Waals surface area (Å²) in [5.74, 6) is 0. The summed E-state index contributed by atoms with van der Waals surface area (Å²) in [5, 5.41) is 0. The first kappa shape index (κ1) is 15.3. The third-order valence-electron chi connectivity index (χ3n) is 3.98. The number of aromatic nitrogens is 1. The monoisotopic (exact) mass is 280 g/mol. The lowest BCUT2D eigenvalue weighted by Crippen LogP contribution is -2.06. The fourth-order valence-corrected chi connectivity index (χ4v) is 2.53. The van der Waals surface area contributed by atoms with Crippen molar-refractivity contribution >= 4 is 5.71 Å². The second kappa shape index (κ2) is 6.57. The number of hydrogen-bond acceptors (Lipinski definition) is 1. The summed E-state index contributed by atoms with van der Waals surface area (Å²) in [5.41, 5.74) is 7.28. The minimum Gasteiger partial charge on any atom is -0.343 e. The molecular formula is C19H24N2. The van der Waals surface area contributed by atoms with Crippen LogP contribution in [0.4, 0.5) is 0 Å². The van der Waals surface area contributed by atoms with Crippen molar-refractivity contribution in [2.75, 3.05) is 0 Å². The van der Waals surface area contributed by atoms with Crippen LogP contribution in [-0.4, -0.2) is 10.3 Å². The second-order valence-electron chi connectivity index (χ2n) is 5.48. The van der Waals surface area contributed by atoms with Gasteiger partial charge in [0.15, 0.2) is 0 Å². The number of nitrogens with zero attached hydrogens (tertiary/aromatic N) is 2. The maximum Gasteiger partial charge on any atom is 0.0644 e. The van der Waals surface area contributed by atoms with Crippen molar-refractivity contribution in [1.82, 2.24) is 4.57 Å². The molecule has 0 saturated heterocycles. The molecule has 0 aliphatic carbocycles. The SMILES string of the molecule is C/C=C(/Cn1c(C)cc(C)c1C)N=C(C)c1ccccc1. The number of aliphatic imine (C=N–C) groups is 1. The van der Waals surface area contributed by atoms with E-state index in [-0.39, 0.29) is 0 Å². The van der Waals surface area contributed by atoms with Gasteiger partial charge in [-0.05, 0) is 51.8 Å². The highest BCUT2D eigenvalue weighted by atomic mass is 15.0. The summed E-state index contributed by atoms with van der Waals surface area (Å²) in [6.07, 6.45) is 2.10. The lowest BCUT2D eigenvalue weighted by Gasteiger charge is -2.11. The van der Waals surface area contributed by atoms with Gasteiger partial charge in [0.25, 0.3) is 0 Å². The maximum atomic E-state index is 4.81. The van der Waals surface area contributed by atoms with Crippen LogP contribution in [0.25, 0.3) is 0 Å². The molecule has 2 aromatic rings. The third kappa shape index (κ3) is 3.52. The van der Waals surface area contributed by atoms with E-state index in [2.05, 4.69) is 63.5 Å². The van der Waals surface area contributed by atoms with Crippen LogP contribution in [-0.2, 0) is 6.54 Å². The fraction of sp³-hybridized carbons (Fsp3) is 0.316. The van der Waals surface area contributed by atoms with Crippen LogP contribution in [0, 0.1) is 20.8 Å². The molecule has 1 aromatic heterocycles. The molecule has 0 spiro atoms. The zero-order valence-electron chi connectivity index (χ0n) is 13.6. The Kier molecular flexibility index (Phi) is 4.79. The van der Waals surface area contributed by atoms with Gasteiger partial charge in [-0.3, -0.25) is 4.99 Å². The normalized spacial score (nSPS) is 12.8. The Bertz CT molecular complexity index is 673. The number of rotatable bonds is 4. The van der Waals surface area contributed by atoms with Gasteiger partial charge in [0.1, 0.15) is 0 Å². The van der Waals surface area contributed by atoms with Gasteiger partial charge in [-0.25, -0.2) is 0 Å². The van der Waals surface area contributed by atoms with Gasteiger partial charge in [0.2, 0.25) is 0 Å². The molecule has 0 N–H and O–H groups in total. The van der Waals surface area contributed by atoms with Crippen LogP contribution in [0.1, 0.15) is 36.4 Å². The van der Waals surface area contributed by atoms with Crippen molar-refractivity contribution in [2.24, 2.45) is 4.99 Å². The number of allylic oxidation sites excluding steroid dienone is 2. The lowest BCUT2D eigenvalue weighted by molar-refractivity contribution is 0.728. The van der Waals surface area contributed by atoms with E-state index in [4.69, 9.17) is 4.99 Å². The van der Waals surface area contributed by atoms with Gasteiger partial charge in [0.05, 0.1) is 12.2 Å². The Hall–Kier alpha value is -2.09. The summed E-state index contributed by atoms with van der Waals surface area (Å²) < 4.78 is 2.33. The van der Waals surface area contributed by atoms with Gasteiger partial charge in [-0.1, -0.05) is 36.4 Å².